The van der Waals surface area contributed by atoms with E-state index in [0.29, 0.717) is 0 Å². The van der Waals surface area contributed by atoms with Gasteiger partial charge in [0.1, 0.15) is 5.82 Å². The number of halogens is 5. The van der Waals surface area contributed by atoms with Gasteiger partial charge >= 0.3 is 6.18 Å². The summed E-state index contributed by atoms with van der Waals surface area (Å²) in [5, 5.41) is 3.74. The molecule has 0 aliphatic carbocycles. The molecule has 1 aromatic carbocycles. The fourth-order valence-electron chi connectivity index (χ4n) is 1.56. The van der Waals surface area contributed by atoms with Crippen molar-refractivity contribution < 1.29 is 17.6 Å². The summed E-state index contributed by atoms with van der Waals surface area (Å²) in [7, 11) is 0. The van der Waals surface area contributed by atoms with Gasteiger partial charge in [0.05, 0.1) is 11.9 Å². The Bertz CT molecular complexity index is 545. The van der Waals surface area contributed by atoms with Crippen molar-refractivity contribution >= 4 is 15.9 Å². The van der Waals surface area contributed by atoms with Crippen LogP contribution in [-0.2, 0) is 11.5 Å². The number of nitrogens with zero attached hydrogens (tertiary/aromatic N) is 2. The van der Waals surface area contributed by atoms with Crippen LogP contribution in [0.5, 0.6) is 0 Å². The first-order chi connectivity index (χ1) is 8.43. The Morgan fingerprint density at radius 1 is 1.17 bits per heavy atom. The predicted octanol–water partition coefficient (Wildman–Crippen LogP) is 3.93. The summed E-state index contributed by atoms with van der Waals surface area (Å²) in [6.45, 7) is 0. The van der Waals surface area contributed by atoms with E-state index in [9.17, 15) is 17.6 Å². The summed E-state index contributed by atoms with van der Waals surface area (Å²) >= 11 is 2.98. The lowest BCUT2D eigenvalue weighted by Crippen LogP contribution is -2.15. The van der Waals surface area contributed by atoms with Crippen LogP contribution in [0.1, 0.15) is 11.3 Å². The number of aromatic nitrogens is 2. The van der Waals surface area contributed by atoms with Crippen LogP contribution in [0.4, 0.5) is 17.6 Å². The van der Waals surface area contributed by atoms with E-state index < -0.39 is 17.7 Å². The van der Waals surface area contributed by atoms with Gasteiger partial charge in [-0.2, -0.15) is 18.3 Å². The average molecular weight is 323 g/mol. The van der Waals surface area contributed by atoms with Crippen molar-refractivity contribution in [2.75, 3.05) is 0 Å². The van der Waals surface area contributed by atoms with Gasteiger partial charge in [-0.3, -0.25) is 0 Å². The second-order valence-electron chi connectivity index (χ2n) is 3.54. The molecule has 1 aromatic heterocycles. The van der Waals surface area contributed by atoms with E-state index in [2.05, 4.69) is 21.0 Å². The molecule has 0 fully saturated rings. The molecular formula is C11H7BrF4N2. The Morgan fingerprint density at radius 3 is 2.28 bits per heavy atom. The highest BCUT2D eigenvalue weighted by atomic mass is 79.9. The van der Waals surface area contributed by atoms with Crippen molar-refractivity contribution in [2.24, 2.45) is 0 Å². The minimum absolute atomic E-state index is 0.0341. The predicted molar refractivity (Wildman–Crippen MR) is 61.2 cm³/mol. The molecule has 0 amide bonds. The molecule has 2 rings (SSSR count). The average Bonchev–Trinajstić information content (AvgIpc) is 2.73. The van der Waals surface area contributed by atoms with Crippen LogP contribution < -0.4 is 0 Å². The summed E-state index contributed by atoms with van der Waals surface area (Å²) in [6, 6.07) is 4.67. The van der Waals surface area contributed by atoms with Gasteiger partial charge in [0.25, 0.3) is 0 Å². The van der Waals surface area contributed by atoms with E-state index in [1.165, 1.54) is 12.1 Å². The highest BCUT2D eigenvalue weighted by Gasteiger charge is 2.38. The van der Waals surface area contributed by atoms with Crippen molar-refractivity contribution in [3.05, 3.63) is 47.5 Å². The Labute approximate surface area is 108 Å². The first-order valence-electron chi connectivity index (χ1n) is 4.89. The molecule has 0 bridgehead atoms. The van der Waals surface area contributed by atoms with E-state index >= 15 is 0 Å². The molecule has 0 N–H and O–H groups in total. The Balaban J connectivity index is 2.58. The van der Waals surface area contributed by atoms with E-state index in [1.54, 1.807) is 0 Å². The number of rotatable bonds is 2. The summed E-state index contributed by atoms with van der Waals surface area (Å²) in [4.78, 5) is 0. The maximum atomic E-state index is 12.9. The van der Waals surface area contributed by atoms with E-state index in [0.717, 1.165) is 23.0 Å². The van der Waals surface area contributed by atoms with Crippen LogP contribution in [0.15, 0.2) is 30.5 Å². The third kappa shape index (κ3) is 2.40. The highest BCUT2D eigenvalue weighted by Crippen LogP contribution is 2.34. The molecule has 0 spiro atoms. The molecule has 1 heterocycles. The van der Waals surface area contributed by atoms with E-state index in [1.807, 2.05) is 0 Å². The standard InChI is InChI=1S/C11H7BrF4N2/c12-5-7-6-17-18(10(7)11(14,15)16)9-3-1-8(13)2-4-9/h1-4,6H,5H2. The molecule has 0 aliphatic heterocycles. The van der Waals surface area contributed by atoms with Crippen molar-refractivity contribution in [3.8, 4) is 5.69 Å². The van der Waals surface area contributed by atoms with E-state index in [-0.39, 0.29) is 16.6 Å². The van der Waals surface area contributed by atoms with Crippen LogP contribution in [0.25, 0.3) is 5.69 Å². The van der Waals surface area contributed by atoms with Crippen LogP contribution >= 0.6 is 15.9 Å². The first kappa shape index (κ1) is 13.1. The zero-order chi connectivity index (χ0) is 13.3. The van der Waals surface area contributed by atoms with Gasteiger partial charge in [-0.05, 0) is 24.3 Å². The third-order valence-electron chi connectivity index (χ3n) is 2.33. The Kier molecular flexibility index (Phi) is 3.43. The molecule has 96 valence electrons. The lowest BCUT2D eigenvalue weighted by molar-refractivity contribution is -0.143. The van der Waals surface area contributed by atoms with E-state index in [4.69, 9.17) is 0 Å². The second-order valence-corrected chi connectivity index (χ2v) is 4.10. The molecule has 0 radical (unpaired) electrons. The molecule has 0 saturated heterocycles. The summed E-state index contributed by atoms with van der Waals surface area (Å²) in [5.41, 5.74) is -0.659. The smallest absolute Gasteiger partial charge is 0.228 e. The van der Waals surface area contributed by atoms with Gasteiger partial charge in [0.2, 0.25) is 0 Å². The minimum atomic E-state index is -4.52. The van der Waals surface area contributed by atoms with Gasteiger partial charge in [0, 0.05) is 10.9 Å². The van der Waals surface area contributed by atoms with Crippen molar-refractivity contribution in [3.63, 3.8) is 0 Å². The molecule has 2 nitrogen and oxygen atoms in total. The second kappa shape index (κ2) is 4.72. The Morgan fingerprint density at radius 2 is 1.78 bits per heavy atom. The maximum absolute atomic E-state index is 12.9. The molecule has 18 heavy (non-hydrogen) atoms. The molecule has 0 aliphatic rings. The Hall–Kier alpha value is -1.37. The highest BCUT2D eigenvalue weighted by molar-refractivity contribution is 9.08. The zero-order valence-corrected chi connectivity index (χ0v) is 10.5. The summed E-state index contributed by atoms with van der Waals surface area (Å²) in [5.74, 6) is -0.514. The number of hydrogen-bond acceptors (Lipinski definition) is 1. The fourth-order valence-corrected chi connectivity index (χ4v) is 1.97. The van der Waals surface area contributed by atoms with Crippen LogP contribution in [0.2, 0.25) is 0 Å². The SMILES string of the molecule is Fc1ccc(-n2ncc(CBr)c2C(F)(F)F)cc1. The van der Waals surface area contributed by atoms with Crippen LogP contribution in [-0.4, -0.2) is 9.78 Å². The monoisotopic (exact) mass is 322 g/mol. The molecule has 2 aromatic rings. The third-order valence-corrected chi connectivity index (χ3v) is 2.93. The number of alkyl halides is 4. The maximum Gasteiger partial charge on any atom is 0.433 e. The minimum Gasteiger partial charge on any atom is -0.228 e. The fraction of sp³-hybridized carbons (Fsp3) is 0.182. The van der Waals surface area contributed by atoms with Crippen LogP contribution in [0, 0.1) is 5.82 Å². The van der Waals surface area contributed by atoms with Gasteiger partial charge in [0.15, 0.2) is 5.69 Å². The molecule has 0 atom stereocenters. The largest absolute Gasteiger partial charge is 0.433 e. The van der Waals surface area contributed by atoms with Crippen molar-refractivity contribution in [1.82, 2.24) is 9.78 Å². The number of hydrogen-bond donors (Lipinski definition) is 0. The first-order valence-corrected chi connectivity index (χ1v) is 6.01. The topological polar surface area (TPSA) is 17.8 Å². The van der Waals surface area contributed by atoms with Crippen molar-refractivity contribution in [2.45, 2.75) is 11.5 Å². The van der Waals surface area contributed by atoms with Gasteiger partial charge in [-0.1, -0.05) is 15.9 Å². The molecule has 0 saturated carbocycles. The zero-order valence-electron chi connectivity index (χ0n) is 8.88. The van der Waals surface area contributed by atoms with Crippen LogP contribution in [0.3, 0.4) is 0 Å². The molecule has 0 unspecified atom stereocenters. The molecular weight excluding hydrogens is 316 g/mol. The van der Waals surface area contributed by atoms with Gasteiger partial charge in [-0.15, -0.1) is 0 Å². The summed E-state index contributed by atoms with van der Waals surface area (Å²) in [6.07, 6.45) is -3.38. The normalized spacial score (nSPS) is 11.8. The quantitative estimate of drug-likeness (QED) is 0.605. The summed E-state index contributed by atoms with van der Waals surface area (Å²) < 4.78 is 52.3. The molecule has 7 heteroatoms. The number of benzene rings is 1. The van der Waals surface area contributed by atoms with Gasteiger partial charge < -0.3 is 0 Å². The van der Waals surface area contributed by atoms with Crippen molar-refractivity contribution in [1.29, 1.82) is 0 Å². The van der Waals surface area contributed by atoms with Gasteiger partial charge in [-0.25, -0.2) is 9.07 Å². The lowest BCUT2D eigenvalue weighted by Gasteiger charge is -2.11. The lowest BCUT2D eigenvalue weighted by atomic mass is 10.2.